The predicted octanol–water partition coefficient (Wildman–Crippen LogP) is 3.65. The predicted molar refractivity (Wildman–Crippen MR) is 85.7 cm³/mol. The van der Waals surface area contributed by atoms with Crippen LogP contribution in [0.2, 0.25) is 0 Å². The molecule has 4 rings (SSSR count). The highest BCUT2D eigenvalue weighted by Crippen LogP contribution is 2.48. The fraction of sp³-hybridized carbons (Fsp3) is 0.294. The number of benzene rings is 1. The van der Waals surface area contributed by atoms with Crippen molar-refractivity contribution in [2.75, 3.05) is 7.05 Å². The summed E-state index contributed by atoms with van der Waals surface area (Å²) in [5, 5.41) is 0.979. The number of para-hydroxylation sites is 1. The molecule has 0 bridgehead atoms. The molecule has 1 amide bonds. The first-order valence-electron chi connectivity index (χ1n) is 7.35. The van der Waals surface area contributed by atoms with Gasteiger partial charge in [0, 0.05) is 18.9 Å². The topological polar surface area (TPSA) is 46.3 Å². The Labute approximate surface area is 132 Å². The minimum Gasteiger partial charge on any atom is -0.469 e. The van der Waals surface area contributed by atoms with E-state index in [4.69, 9.17) is 4.42 Å². The van der Waals surface area contributed by atoms with Crippen LogP contribution in [-0.2, 0) is 11.3 Å². The second-order valence-electron chi connectivity index (χ2n) is 5.73. The number of aromatic nitrogens is 1. The molecule has 0 saturated heterocycles. The van der Waals surface area contributed by atoms with Gasteiger partial charge in [-0.1, -0.05) is 12.1 Å². The van der Waals surface area contributed by atoms with Crippen LogP contribution in [0.3, 0.4) is 0 Å². The van der Waals surface area contributed by atoms with Gasteiger partial charge in [-0.3, -0.25) is 4.79 Å². The van der Waals surface area contributed by atoms with Gasteiger partial charge in [0.1, 0.15) is 10.8 Å². The zero-order chi connectivity index (χ0) is 15.1. The molecule has 0 spiro atoms. The van der Waals surface area contributed by atoms with Crippen molar-refractivity contribution in [2.24, 2.45) is 5.92 Å². The van der Waals surface area contributed by atoms with E-state index in [0.717, 1.165) is 22.7 Å². The summed E-state index contributed by atoms with van der Waals surface area (Å²) in [6.07, 6.45) is 2.55. The molecule has 1 aliphatic carbocycles. The highest BCUT2D eigenvalue weighted by Gasteiger charge is 2.47. The van der Waals surface area contributed by atoms with Crippen molar-refractivity contribution in [3.8, 4) is 0 Å². The first-order valence-corrected chi connectivity index (χ1v) is 8.17. The van der Waals surface area contributed by atoms with E-state index in [1.807, 2.05) is 37.4 Å². The molecule has 2 heterocycles. The van der Waals surface area contributed by atoms with Crippen molar-refractivity contribution in [3.05, 3.63) is 53.4 Å². The van der Waals surface area contributed by atoms with Crippen molar-refractivity contribution < 1.29 is 9.21 Å². The van der Waals surface area contributed by atoms with Gasteiger partial charge in [0.15, 0.2) is 0 Å². The number of nitrogens with zero attached hydrogens (tertiary/aromatic N) is 2. The Hall–Kier alpha value is -2.14. The lowest BCUT2D eigenvalue weighted by Gasteiger charge is -2.15. The number of carbonyl (C=O) groups excluding carboxylic acids is 1. The molecule has 3 aromatic rings. The Morgan fingerprint density at radius 2 is 2.23 bits per heavy atom. The summed E-state index contributed by atoms with van der Waals surface area (Å²) in [5.74, 6) is 1.42. The number of amides is 1. The summed E-state index contributed by atoms with van der Waals surface area (Å²) in [6, 6.07) is 11.9. The van der Waals surface area contributed by atoms with Crippen LogP contribution in [0.4, 0.5) is 0 Å². The molecule has 0 radical (unpaired) electrons. The van der Waals surface area contributed by atoms with E-state index in [0.29, 0.717) is 6.54 Å². The molecule has 0 aliphatic heterocycles. The van der Waals surface area contributed by atoms with Gasteiger partial charge in [-0.05, 0) is 30.7 Å². The lowest BCUT2D eigenvalue weighted by Crippen LogP contribution is -2.27. The van der Waals surface area contributed by atoms with Crippen molar-refractivity contribution in [1.29, 1.82) is 0 Å². The van der Waals surface area contributed by atoms with Crippen LogP contribution in [0.15, 0.2) is 47.1 Å². The zero-order valence-electron chi connectivity index (χ0n) is 12.2. The Kier molecular flexibility index (Phi) is 3.22. The second-order valence-corrected chi connectivity index (χ2v) is 6.85. The highest BCUT2D eigenvalue weighted by atomic mass is 32.1. The number of rotatable bonds is 4. The molecular formula is C17H16N2O2S. The van der Waals surface area contributed by atoms with E-state index in [1.165, 1.54) is 4.70 Å². The van der Waals surface area contributed by atoms with Crippen LogP contribution in [-0.4, -0.2) is 22.8 Å². The van der Waals surface area contributed by atoms with Crippen molar-refractivity contribution >= 4 is 27.5 Å². The third-order valence-corrected chi connectivity index (χ3v) is 5.12. The molecule has 2 unspecified atom stereocenters. The molecule has 1 fully saturated rings. The zero-order valence-corrected chi connectivity index (χ0v) is 13.0. The molecule has 1 saturated carbocycles. The van der Waals surface area contributed by atoms with Crippen LogP contribution < -0.4 is 0 Å². The second kappa shape index (κ2) is 5.25. The molecular weight excluding hydrogens is 296 g/mol. The van der Waals surface area contributed by atoms with Crippen molar-refractivity contribution in [2.45, 2.75) is 18.9 Å². The number of fused-ring (bicyclic) bond motifs is 1. The maximum atomic E-state index is 12.5. The first-order chi connectivity index (χ1) is 10.7. The molecule has 2 atom stereocenters. The summed E-state index contributed by atoms with van der Waals surface area (Å²) in [5.41, 5.74) is 1.00. The third kappa shape index (κ3) is 2.41. The SMILES string of the molecule is CN(Cc1nc2ccccc2s1)C(=O)C1CC1c1ccco1. The molecule has 112 valence electrons. The Balaban J connectivity index is 1.44. The maximum absolute atomic E-state index is 12.5. The monoisotopic (exact) mass is 312 g/mol. The summed E-state index contributed by atoms with van der Waals surface area (Å²) < 4.78 is 6.56. The number of carbonyl (C=O) groups is 1. The van der Waals surface area contributed by atoms with Gasteiger partial charge in [0.05, 0.1) is 23.0 Å². The molecule has 1 aliphatic rings. The lowest BCUT2D eigenvalue weighted by molar-refractivity contribution is -0.131. The highest BCUT2D eigenvalue weighted by molar-refractivity contribution is 7.18. The molecule has 4 nitrogen and oxygen atoms in total. The molecule has 2 aromatic heterocycles. The van der Waals surface area contributed by atoms with E-state index in [-0.39, 0.29) is 17.7 Å². The van der Waals surface area contributed by atoms with Crippen LogP contribution in [0, 0.1) is 5.92 Å². The smallest absolute Gasteiger partial charge is 0.226 e. The minimum atomic E-state index is 0.0607. The average Bonchev–Trinajstić information content (AvgIpc) is 2.96. The first kappa shape index (κ1) is 13.5. The summed E-state index contributed by atoms with van der Waals surface area (Å²) in [6.45, 7) is 0.569. The van der Waals surface area contributed by atoms with E-state index in [1.54, 1.807) is 22.5 Å². The van der Waals surface area contributed by atoms with E-state index in [2.05, 4.69) is 11.1 Å². The van der Waals surface area contributed by atoms with Crippen molar-refractivity contribution in [3.63, 3.8) is 0 Å². The molecule has 1 aromatic carbocycles. The summed E-state index contributed by atoms with van der Waals surface area (Å²) >= 11 is 1.65. The van der Waals surface area contributed by atoms with Crippen LogP contribution in [0.1, 0.15) is 23.1 Å². The Morgan fingerprint density at radius 3 is 3.00 bits per heavy atom. The van der Waals surface area contributed by atoms with Crippen LogP contribution in [0.5, 0.6) is 0 Å². The van der Waals surface area contributed by atoms with E-state index in [9.17, 15) is 4.79 Å². The quantitative estimate of drug-likeness (QED) is 0.738. The largest absolute Gasteiger partial charge is 0.469 e. The summed E-state index contributed by atoms with van der Waals surface area (Å²) in [4.78, 5) is 18.9. The van der Waals surface area contributed by atoms with Crippen LogP contribution >= 0.6 is 11.3 Å². The molecule has 5 heteroatoms. The lowest BCUT2D eigenvalue weighted by atomic mass is 10.2. The fourth-order valence-corrected chi connectivity index (χ4v) is 3.86. The van der Waals surface area contributed by atoms with Crippen LogP contribution in [0.25, 0.3) is 10.2 Å². The number of thiazole rings is 1. The summed E-state index contributed by atoms with van der Waals surface area (Å²) in [7, 11) is 1.85. The fourth-order valence-electron chi connectivity index (χ4n) is 2.84. The van der Waals surface area contributed by atoms with E-state index < -0.39 is 0 Å². The van der Waals surface area contributed by atoms with Crippen molar-refractivity contribution in [1.82, 2.24) is 9.88 Å². The van der Waals surface area contributed by atoms with Gasteiger partial charge in [-0.2, -0.15) is 0 Å². The number of furan rings is 1. The maximum Gasteiger partial charge on any atom is 0.226 e. The van der Waals surface area contributed by atoms with Gasteiger partial charge in [-0.15, -0.1) is 11.3 Å². The standard InChI is InChI=1S/C17H16N2O2S/c1-19(10-16-18-13-5-2-3-7-15(13)22-16)17(20)12-9-11(12)14-6-4-8-21-14/h2-8,11-12H,9-10H2,1H3. The van der Waals surface area contributed by atoms with Gasteiger partial charge >= 0.3 is 0 Å². The molecule has 0 N–H and O–H groups in total. The number of hydrogen-bond donors (Lipinski definition) is 0. The Morgan fingerprint density at radius 1 is 1.36 bits per heavy atom. The minimum absolute atomic E-state index is 0.0607. The Bertz CT molecular complexity index is 776. The normalized spacial score (nSPS) is 20.2. The molecule has 22 heavy (non-hydrogen) atoms. The van der Waals surface area contributed by atoms with Gasteiger partial charge in [0.25, 0.3) is 0 Å². The van der Waals surface area contributed by atoms with Gasteiger partial charge in [0.2, 0.25) is 5.91 Å². The van der Waals surface area contributed by atoms with Gasteiger partial charge < -0.3 is 9.32 Å². The number of hydrogen-bond acceptors (Lipinski definition) is 4. The van der Waals surface area contributed by atoms with E-state index >= 15 is 0 Å². The van der Waals surface area contributed by atoms with Gasteiger partial charge in [-0.25, -0.2) is 4.98 Å². The average molecular weight is 312 g/mol. The third-order valence-electron chi connectivity index (χ3n) is 4.10.